The number of carbonyl (C=O) groups is 1. The van der Waals surface area contributed by atoms with Gasteiger partial charge in [0.1, 0.15) is 12.0 Å². The van der Waals surface area contributed by atoms with Crippen molar-refractivity contribution >= 4 is 6.29 Å². The Kier molecular flexibility index (Phi) is 1.63. The summed E-state index contributed by atoms with van der Waals surface area (Å²) < 4.78 is 4.70. The van der Waals surface area contributed by atoms with Gasteiger partial charge in [0.25, 0.3) is 0 Å². The van der Waals surface area contributed by atoms with Crippen molar-refractivity contribution in [2.75, 3.05) is 0 Å². The van der Waals surface area contributed by atoms with Crippen molar-refractivity contribution in [1.29, 1.82) is 0 Å². The van der Waals surface area contributed by atoms with Gasteiger partial charge in [0.05, 0.1) is 12.1 Å². The van der Waals surface area contributed by atoms with Crippen molar-refractivity contribution in [3.8, 4) is 0 Å². The maximum Gasteiger partial charge on any atom is 0.146 e. The molecular formula is C6H7NO2. The Morgan fingerprint density at radius 3 is 3.11 bits per heavy atom. The summed E-state index contributed by atoms with van der Waals surface area (Å²) in [6.45, 7) is 1.76. The molecule has 3 heteroatoms. The van der Waals surface area contributed by atoms with Crippen LogP contribution in [0.5, 0.6) is 0 Å². The number of hydrogen-bond acceptors (Lipinski definition) is 3. The molecule has 9 heavy (non-hydrogen) atoms. The summed E-state index contributed by atoms with van der Waals surface area (Å²) in [6, 6.07) is 1.68. The highest BCUT2D eigenvalue weighted by Crippen LogP contribution is 2.09. The Hall–Kier alpha value is -1.12. The molecule has 1 heterocycles. The molecule has 1 rings (SSSR count). The Balaban J connectivity index is 2.76. The summed E-state index contributed by atoms with van der Waals surface area (Å²) >= 11 is 0. The highest BCUT2D eigenvalue weighted by Gasteiger charge is 2.05. The van der Waals surface area contributed by atoms with Crippen LogP contribution in [0.2, 0.25) is 0 Å². The molecule has 1 aromatic heterocycles. The van der Waals surface area contributed by atoms with E-state index in [0.717, 1.165) is 6.29 Å². The van der Waals surface area contributed by atoms with Crippen molar-refractivity contribution in [1.82, 2.24) is 5.16 Å². The molecule has 0 N–H and O–H groups in total. The molecule has 3 nitrogen and oxygen atoms in total. The van der Waals surface area contributed by atoms with Gasteiger partial charge in [-0.25, -0.2) is 0 Å². The van der Waals surface area contributed by atoms with Gasteiger partial charge in [0.2, 0.25) is 0 Å². The average Bonchev–Trinajstić information content (AvgIpc) is 2.37. The van der Waals surface area contributed by atoms with Gasteiger partial charge in [0, 0.05) is 6.07 Å². The third-order valence-electron chi connectivity index (χ3n) is 1.11. The lowest BCUT2D eigenvalue weighted by atomic mass is 10.1. The predicted molar refractivity (Wildman–Crippen MR) is 31.0 cm³/mol. The van der Waals surface area contributed by atoms with Crippen LogP contribution in [-0.4, -0.2) is 11.4 Å². The zero-order valence-electron chi connectivity index (χ0n) is 5.07. The number of hydrogen-bond donors (Lipinski definition) is 0. The minimum Gasteiger partial charge on any atom is -0.361 e. The van der Waals surface area contributed by atoms with E-state index in [1.165, 1.54) is 6.20 Å². The number of aldehydes is 1. The van der Waals surface area contributed by atoms with Crippen LogP contribution < -0.4 is 0 Å². The SMILES string of the molecule is CC(C=O)c1ccno1. The van der Waals surface area contributed by atoms with Crippen molar-refractivity contribution in [2.24, 2.45) is 0 Å². The summed E-state index contributed by atoms with van der Waals surface area (Å²) in [5.41, 5.74) is 0. The molecule has 1 aromatic rings. The van der Waals surface area contributed by atoms with E-state index in [1.54, 1.807) is 13.0 Å². The van der Waals surface area contributed by atoms with Gasteiger partial charge in [-0.1, -0.05) is 5.16 Å². The molecule has 1 unspecified atom stereocenters. The van der Waals surface area contributed by atoms with E-state index >= 15 is 0 Å². The third-order valence-corrected chi connectivity index (χ3v) is 1.11. The Labute approximate surface area is 52.7 Å². The maximum atomic E-state index is 10.1. The number of carbonyl (C=O) groups excluding carboxylic acids is 1. The van der Waals surface area contributed by atoms with Crippen LogP contribution in [0.1, 0.15) is 18.6 Å². The average molecular weight is 125 g/mol. The molecule has 0 spiro atoms. The van der Waals surface area contributed by atoms with Gasteiger partial charge in [-0.2, -0.15) is 0 Å². The first-order chi connectivity index (χ1) is 4.34. The number of nitrogens with zero attached hydrogens (tertiary/aromatic N) is 1. The molecule has 0 fully saturated rings. The van der Waals surface area contributed by atoms with Gasteiger partial charge in [-0.3, -0.25) is 0 Å². The van der Waals surface area contributed by atoms with Crippen LogP contribution >= 0.6 is 0 Å². The quantitative estimate of drug-likeness (QED) is 0.553. The van der Waals surface area contributed by atoms with E-state index < -0.39 is 0 Å². The first-order valence-corrected chi connectivity index (χ1v) is 2.70. The molecule has 0 aliphatic heterocycles. The second-order valence-corrected chi connectivity index (χ2v) is 1.84. The smallest absolute Gasteiger partial charge is 0.146 e. The minimum atomic E-state index is -0.174. The Bertz CT molecular complexity index is 181. The lowest BCUT2D eigenvalue weighted by Gasteiger charge is -1.91. The van der Waals surface area contributed by atoms with Crippen LogP contribution in [0.3, 0.4) is 0 Å². The number of rotatable bonds is 2. The zero-order chi connectivity index (χ0) is 6.69. The summed E-state index contributed by atoms with van der Waals surface area (Å²) in [7, 11) is 0. The monoisotopic (exact) mass is 125 g/mol. The lowest BCUT2D eigenvalue weighted by molar-refractivity contribution is -0.109. The molecule has 48 valence electrons. The van der Waals surface area contributed by atoms with Gasteiger partial charge in [0.15, 0.2) is 0 Å². The molecule has 0 aliphatic carbocycles. The molecule has 0 radical (unpaired) electrons. The van der Waals surface area contributed by atoms with Gasteiger partial charge in [-0.05, 0) is 6.92 Å². The summed E-state index contributed by atoms with van der Waals surface area (Å²) in [4.78, 5) is 10.1. The predicted octanol–water partition coefficient (Wildman–Crippen LogP) is 0.977. The third kappa shape index (κ3) is 1.16. The van der Waals surface area contributed by atoms with Crippen LogP contribution in [0, 0.1) is 0 Å². The first-order valence-electron chi connectivity index (χ1n) is 2.70. The first kappa shape index (κ1) is 6.01. The van der Waals surface area contributed by atoms with Crippen molar-refractivity contribution in [3.63, 3.8) is 0 Å². The van der Waals surface area contributed by atoms with E-state index in [0.29, 0.717) is 5.76 Å². The lowest BCUT2D eigenvalue weighted by Crippen LogP contribution is -1.90. The fourth-order valence-electron chi connectivity index (χ4n) is 0.528. The molecule has 0 aliphatic rings. The fourth-order valence-corrected chi connectivity index (χ4v) is 0.528. The van der Waals surface area contributed by atoms with E-state index in [2.05, 4.69) is 5.16 Å². The molecule has 0 aromatic carbocycles. The fraction of sp³-hybridized carbons (Fsp3) is 0.333. The number of aromatic nitrogens is 1. The van der Waals surface area contributed by atoms with Crippen molar-refractivity contribution < 1.29 is 9.32 Å². The summed E-state index contributed by atoms with van der Waals surface area (Å²) in [5, 5.41) is 3.46. The Morgan fingerprint density at radius 2 is 2.67 bits per heavy atom. The second kappa shape index (κ2) is 2.44. The van der Waals surface area contributed by atoms with E-state index in [-0.39, 0.29) is 5.92 Å². The van der Waals surface area contributed by atoms with Crippen LogP contribution in [0.4, 0.5) is 0 Å². The molecule has 1 atom stereocenters. The van der Waals surface area contributed by atoms with E-state index in [9.17, 15) is 4.79 Å². The van der Waals surface area contributed by atoms with Crippen LogP contribution in [-0.2, 0) is 4.79 Å². The molecule has 0 saturated heterocycles. The Morgan fingerprint density at radius 1 is 1.89 bits per heavy atom. The van der Waals surface area contributed by atoms with Crippen molar-refractivity contribution in [3.05, 3.63) is 18.0 Å². The highest BCUT2D eigenvalue weighted by atomic mass is 16.5. The summed E-state index contributed by atoms with van der Waals surface area (Å²) in [5.74, 6) is 0.442. The standard InChI is InChI=1S/C6H7NO2/c1-5(4-8)6-2-3-7-9-6/h2-5H,1H3. The minimum absolute atomic E-state index is 0.174. The molecule has 0 saturated carbocycles. The zero-order valence-corrected chi connectivity index (χ0v) is 5.07. The van der Waals surface area contributed by atoms with Gasteiger partial charge < -0.3 is 9.32 Å². The van der Waals surface area contributed by atoms with Gasteiger partial charge in [-0.15, -0.1) is 0 Å². The van der Waals surface area contributed by atoms with Crippen LogP contribution in [0.25, 0.3) is 0 Å². The van der Waals surface area contributed by atoms with Gasteiger partial charge >= 0.3 is 0 Å². The summed E-state index contributed by atoms with van der Waals surface area (Å²) in [6.07, 6.45) is 2.34. The van der Waals surface area contributed by atoms with Crippen LogP contribution in [0.15, 0.2) is 16.8 Å². The topological polar surface area (TPSA) is 43.1 Å². The highest BCUT2D eigenvalue weighted by molar-refractivity contribution is 5.59. The molecule has 0 bridgehead atoms. The largest absolute Gasteiger partial charge is 0.361 e. The molecule has 0 amide bonds. The second-order valence-electron chi connectivity index (χ2n) is 1.84. The van der Waals surface area contributed by atoms with E-state index in [4.69, 9.17) is 4.52 Å². The maximum absolute atomic E-state index is 10.1. The normalized spacial score (nSPS) is 13.0. The van der Waals surface area contributed by atoms with E-state index in [1.807, 2.05) is 0 Å². The molecular weight excluding hydrogens is 118 g/mol. The van der Waals surface area contributed by atoms with Crippen molar-refractivity contribution in [2.45, 2.75) is 12.8 Å².